The molecule has 2 N–H and O–H groups in total. The number of hydrogen-bond acceptors (Lipinski definition) is 6. The van der Waals surface area contributed by atoms with Crippen LogP contribution in [0.15, 0.2) is 0 Å². The van der Waals surface area contributed by atoms with Gasteiger partial charge in [-0.2, -0.15) is 0 Å². The van der Waals surface area contributed by atoms with Crippen molar-refractivity contribution in [2.24, 2.45) is 0 Å². The van der Waals surface area contributed by atoms with Gasteiger partial charge in [0.1, 0.15) is 12.2 Å². The van der Waals surface area contributed by atoms with Crippen molar-refractivity contribution in [1.29, 1.82) is 0 Å². The van der Waals surface area contributed by atoms with Gasteiger partial charge in [0.2, 0.25) is 0 Å². The molecule has 0 radical (unpaired) electrons. The van der Waals surface area contributed by atoms with Crippen molar-refractivity contribution in [3.8, 4) is 0 Å². The average Bonchev–Trinajstić information content (AvgIpc) is 2.33. The molecule has 0 aliphatic carbocycles. The van der Waals surface area contributed by atoms with E-state index in [1.807, 2.05) is 0 Å². The summed E-state index contributed by atoms with van der Waals surface area (Å²) in [5.41, 5.74) is -0.512. The minimum absolute atomic E-state index is 0.229. The molecule has 124 valence electrons. The first-order valence-corrected chi connectivity index (χ1v) is 6.73. The minimum atomic E-state index is -1.00. The van der Waals surface area contributed by atoms with Crippen LogP contribution in [0.5, 0.6) is 0 Å². The molecule has 0 aromatic rings. The van der Waals surface area contributed by atoms with E-state index in [4.69, 9.17) is 24.1 Å². The van der Waals surface area contributed by atoms with Gasteiger partial charge in [-0.15, -0.1) is 0 Å². The van der Waals surface area contributed by atoms with Crippen LogP contribution in [0.4, 0.5) is 4.79 Å². The summed E-state index contributed by atoms with van der Waals surface area (Å²) in [7, 11) is 0. The monoisotopic (exact) mass is 307 g/mol. The molecule has 0 aromatic carbocycles. The number of carboxylic acids is 1. The molecule has 0 aromatic heterocycles. The molecule has 1 amide bonds. The predicted molar refractivity (Wildman–Crippen MR) is 74.3 cm³/mol. The van der Waals surface area contributed by atoms with Crippen molar-refractivity contribution in [2.75, 3.05) is 46.2 Å². The Bertz CT molecular complexity index is 301. The van der Waals surface area contributed by atoms with E-state index < -0.39 is 17.7 Å². The molecular weight excluding hydrogens is 282 g/mol. The minimum Gasteiger partial charge on any atom is -0.480 e. The van der Waals surface area contributed by atoms with Gasteiger partial charge in [0, 0.05) is 6.54 Å². The standard InChI is InChI=1S/C13H25NO7/c1-13(2,3)21-12(17)14-4-5-18-6-7-19-8-9-20-10-11(15)16/h4-10H2,1-3H3,(H,14,17)(H,15,16). The van der Waals surface area contributed by atoms with Gasteiger partial charge < -0.3 is 29.4 Å². The summed E-state index contributed by atoms with van der Waals surface area (Å²) in [4.78, 5) is 21.4. The summed E-state index contributed by atoms with van der Waals surface area (Å²) >= 11 is 0. The van der Waals surface area contributed by atoms with Gasteiger partial charge in [0.15, 0.2) is 0 Å². The molecule has 0 atom stereocenters. The van der Waals surface area contributed by atoms with E-state index in [9.17, 15) is 9.59 Å². The highest BCUT2D eigenvalue weighted by Gasteiger charge is 2.15. The third-order valence-electron chi connectivity index (χ3n) is 1.88. The average molecular weight is 307 g/mol. The fourth-order valence-electron chi connectivity index (χ4n) is 1.14. The van der Waals surface area contributed by atoms with Crippen LogP contribution in [0.2, 0.25) is 0 Å². The van der Waals surface area contributed by atoms with Crippen LogP contribution in [-0.2, 0) is 23.7 Å². The number of ether oxygens (including phenoxy) is 4. The van der Waals surface area contributed by atoms with E-state index in [1.54, 1.807) is 20.8 Å². The molecule has 0 unspecified atom stereocenters. The molecule has 0 bridgehead atoms. The van der Waals surface area contributed by atoms with Crippen LogP contribution < -0.4 is 5.32 Å². The zero-order valence-corrected chi connectivity index (χ0v) is 12.8. The van der Waals surface area contributed by atoms with Crippen molar-refractivity contribution < 1.29 is 33.6 Å². The Kier molecular flexibility index (Phi) is 10.6. The zero-order valence-electron chi connectivity index (χ0n) is 12.8. The maximum Gasteiger partial charge on any atom is 0.407 e. The van der Waals surface area contributed by atoms with Crippen LogP contribution >= 0.6 is 0 Å². The van der Waals surface area contributed by atoms with E-state index in [1.165, 1.54) is 0 Å². The lowest BCUT2D eigenvalue weighted by Gasteiger charge is -2.19. The van der Waals surface area contributed by atoms with Crippen LogP contribution in [0.25, 0.3) is 0 Å². The lowest BCUT2D eigenvalue weighted by atomic mass is 10.2. The number of hydrogen-bond donors (Lipinski definition) is 2. The Morgan fingerprint density at radius 3 is 2.00 bits per heavy atom. The molecule has 0 aliphatic heterocycles. The molecule has 0 saturated carbocycles. The summed E-state index contributed by atoms with van der Waals surface area (Å²) in [6.07, 6.45) is -0.474. The quantitative estimate of drug-likeness (QED) is 0.540. The van der Waals surface area contributed by atoms with Crippen molar-refractivity contribution in [3.63, 3.8) is 0 Å². The van der Waals surface area contributed by atoms with Gasteiger partial charge in [-0.1, -0.05) is 0 Å². The molecule has 8 heteroatoms. The number of amides is 1. The lowest BCUT2D eigenvalue weighted by Crippen LogP contribution is -2.34. The number of alkyl carbamates (subject to hydrolysis) is 1. The van der Waals surface area contributed by atoms with Gasteiger partial charge in [-0.3, -0.25) is 0 Å². The van der Waals surface area contributed by atoms with Crippen LogP contribution in [0, 0.1) is 0 Å². The predicted octanol–water partition coefficient (Wildman–Crippen LogP) is 0.646. The number of carboxylic acid groups (broad SMARTS) is 1. The van der Waals surface area contributed by atoms with Gasteiger partial charge in [-0.05, 0) is 20.8 Å². The third kappa shape index (κ3) is 16.6. The SMILES string of the molecule is CC(C)(C)OC(=O)NCCOCCOCCOCC(=O)O. The van der Waals surface area contributed by atoms with Gasteiger partial charge in [0.25, 0.3) is 0 Å². The third-order valence-corrected chi connectivity index (χ3v) is 1.88. The number of aliphatic carboxylic acids is 1. The van der Waals surface area contributed by atoms with Crippen molar-refractivity contribution in [2.45, 2.75) is 26.4 Å². The summed E-state index contributed by atoms with van der Waals surface area (Å²) in [6, 6.07) is 0. The second-order valence-electron chi connectivity index (χ2n) is 5.10. The zero-order chi connectivity index (χ0) is 16.1. The summed E-state index contributed by atoms with van der Waals surface area (Å²) in [5.74, 6) is -1.00. The van der Waals surface area contributed by atoms with E-state index in [0.29, 0.717) is 33.0 Å². The van der Waals surface area contributed by atoms with Gasteiger partial charge >= 0.3 is 12.1 Å². The maximum atomic E-state index is 11.3. The maximum absolute atomic E-state index is 11.3. The number of carbonyl (C=O) groups excluding carboxylic acids is 1. The molecular formula is C13H25NO7. The topological polar surface area (TPSA) is 103 Å². The molecule has 0 fully saturated rings. The second-order valence-corrected chi connectivity index (χ2v) is 5.10. The number of carbonyl (C=O) groups is 2. The Labute approximate surface area is 124 Å². The van der Waals surface area contributed by atoms with Crippen molar-refractivity contribution in [3.05, 3.63) is 0 Å². The lowest BCUT2D eigenvalue weighted by molar-refractivity contribution is -0.142. The van der Waals surface area contributed by atoms with Crippen LogP contribution in [-0.4, -0.2) is 69.0 Å². The Hall–Kier alpha value is -1.38. The first-order valence-electron chi connectivity index (χ1n) is 6.73. The van der Waals surface area contributed by atoms with E-state index >= 15 is 0 Å². The normalized spacial score (nSPS) is 11.2. The molecule has 0 rings (SSSR count). The fraction of sp³-hybridized carbons (Fsp3) is 0.846. The summed E-state index contributed by atoms with van der Waals surface area (Å²) < 4.78 is 20.2. The summed E-state index contributed by atoms with van der Waals surface area (Å²) in [5, 5.41) is 10.9. The van der Waals surface area contributed by atoms with Crippen molar-refractivity contribution in [1.82, 2.24) is 5.32 Å². The number of nitrogens with one attached hydrogen (secondary N) is 1. The van der Waals surface area contributed by atoms with Gasteiger partial charge in [0.05, 0.1) is 33.0 Å². The highest BCUT2D eigenvalue weighted by Crippen LogP contribution is 2.05. The van der Waals surface area contributed by atoms with Crippen LogP contribution in [0.3, 0.4) is 0 Å². The molecule has 0 saturated heterocycles. The molecule has 8 nitrogen and oxygen atoms in total. The smallest absolute Gasteiger partial charge is 0.407 e. The van der Waals surface area contributed by atoms with E-state index in [0.717, 1.165) is 0 Å². The summed E-state index contributed by atoms with van der Waals surface area (Å²) in [6.45, 7) is 7.07. The molecule has 0 heterocycles. The Balaban J connectivity index is 3.22. The highest BCUT2D eigenvalue weighted by atomic mass is 16.6. The Morgan fingerprint density at radius 1 is 0.952 bits per heavy atom. The molecule has 21 heavy (non-hydrogen) atoms. The fourth-order valence-corrected chi connectivity index (χ4v) is 1.14. The van der Waals surface area contributed by atoms with Crippen molar-refractivity contribution >= 4 is 12.1 Å². The van der Waals surface area contributed by atoms with E-state index in [2.05, 4.69) is 5.32 Å². The number of rotatable bonds is 11. The molecule has 0 aliphatic rings. The first kappa shape index (κ1) is 19.6. The van der Waals surface area contributed by atoms with Gasteiger partial charge in [-0.25, -0.2) is 9.59 Å². The second kappa shape index (κ2) is 11.3. The van der Waals surface area contributed by atoms with Crippen LogP contribution in [0.1, 0.15) is 20.8 Å². The Morgan fingerprint density at radius 2 is 1.48 bits per heavy atom. The largest absolute Gasteiger partial charge is 0.480 e. The molecule has 0 spiro atoms. The van der Waals surface area contributed by atoms with E-state index in [-0.39, 0.29) is 13.2 Å². The first-order chi connectivity index (χ1) is 9.81. The highest BCUT2D eigenvalue weighted by molar-refractivity contribution is 5.68.